The van der Waals surface area contributed by atoms with Crippen LogP contribution in [0.15, 0.2) is 6.20 Å². The van der Waals surface area contributed by atoms with Crippen molar-refractivity contribution in [1.29, 1.82) is 0 Å². The van der Waals surface area contributed by atoms with Crippen molar-refractivity contribution >= 4 is 0 Å². The van der Waals surface area contributed by atoms with Crippen LogP contribution in [-0.2, 0) is 19.5 Å². The van der Waals surface area contributed by atoms with Crippen molar-refractivity contribution in [3.63, 3.8) is 0 Å². The number of rotatable bonds is 5. The van der Waals surface area contributed by atoms with Gasteiger partial charge in [-0.2, -0.15) is 0 Å². The first-order valence-electron chi connectivity index (χ1n) is 9.20. The zero-order valence-corrected chi connectivity index (χ0v) is 15.3. The minimum Gasteiger partial charge on any atom is -0.334 e. The van der Waals surface area contributed by atoms with Gasteiger partial charge in [-0.05, 0) is 60.0 Å². The molecular formula is C18H33N5. The van der Waals surface area contributed by atoms with Gasteiger partial charge in [0.25, 0.3) is 0 Å². The Morgan fingerprint density at radius 1 is 1.09 bits per heavy atom. The predicted molar refractivity (Wildman–Crippen MR) is 94.6 cm³/mol. The number of nitrogens with zero attached hydrogens (tertiary/aromatic N) is 5. The fraction of sp³-hybridized carbons (Fsp3) is 0.833. The molecule has 3 heterocycles. The summed E-state index contributed by atoms with van der Waals surface area (Å²) in [7, 11) is 6.63. The number of hydrogen-bond acceptors (Lipinski definition) is 4. The molecule has 5 nitrogen and oxygen atoms in total. The Morgan fingerprint density at radius 3 is 2.43 bits per heavy atom. The van der Waals surface area contributed by atoms with Crippen molar-refractivity contribution in [2.24, 2.45) is 0 Å². The Hall–Kier alpha value is -0.910. The van der Waals surface area contributed by atoms with Gasteiger partial charge in [-0.1, -0.05) is 6.92 Å². The SMILES string of the molecule is CCN1CCC(N(C)Cc2cn3c(n2)CC(N(C)C)CC3)CC1. The van der Waals surface area contributed by atoms with E-state index in [0.29, 0.717) is 12.1 Å². The number of imidazole rings is 1. The molecule has 0 aromatic carbocycles. The molecule has 2 aliphatic rings. The van der Waals surface area contributed by atoms with Crippen LogP contribution in [0.5, 0.6) is 0 Å². The van der Waals surface area contributed by atoms with Crippen molar-refractivity contribution in [3.8, 4) is 0 Å². The molecule has 130 valence electrons. The average Bonchev–Trinajstić information content (AvgIpc) is 2.96. The summed E-state index contributed by atoms with van der Waals surface area (Å²) < 4.78 is 2.38. The molecule has 2 aliphatic heterocycles. The van der Waals surface area contributed by atoms with Crippen molar-refractivity contribution in [3.05, 3.63) is 17.7 Å². The van der Waals surface area contributed by atoms with Gasteiger partial charge in [-0.25, -0.2) is 4.98 Å². The van der Waals surface area contributed by atoms with Gasteiger partial charge in [0.2, 0.25) is 0 Å². The van der Waals surface area contributed by atoms with Crippen LogP contribution in [-0.4, -0.2) is 77.1 Å². The van der Waals surface area contributed by atoms with Crippen LogP contribution in [0.2, 0.25) is 0 Å². The summed E-state index contributed by atoms with van der Waals surface area (Å²) in [5, 5.41) is 0. The topological polar surface area (TPSA) is 27.5 Å². The van der Waals surface area contributed by atoms with E-state index in [1.54, 1.807) is 0 Å². The summed E-state index contributed by atoms with van der Waals surface area (Å²) in [6, 6.07) is 1.36. The van der Waals surface area contributed by atoms with E-state index in [-0.39, 0.29) is 0 Å². The van der Waals surface area contributed by atoms with Crippen LogP contribution in [0, 0.1) is 0 Å². The van der Waals surface area contributed by atoms with E-state index in [9.17, 15) is 0 Å². The summed E-state index contributed by atoms with van der Waals surface area (Å²) in [4.78, 5) is 12.3. The third-order valence-electron chi connectivity index (χ3n) is 5.80. The molecule has 1 fully saturated rings. The monoisotopic (exact) mass is 319 g/mol. The Kier molecular flexibility index (Phi) is 5.39. The first-order chi connectivity index (χ1) is 11.1. The first-order valence-corrected chi connectivity index (χ1v) is 9.20. The maximum absolute atomic E-state index is 4.93. The molecule has 23 heavy (non-hydrogen) atoms. The highest BCUT2D eigenvalue weighted by atomic mass is 15.2. The van der Waals surface area contributed by atoms with Gasteiger partial charge in [0, 0.05) is 37.8 Å². The van der Waals surface area contributed by atoms with Gasteiger partial charge < -0.3 is 14.4 Å². The first kappa shape index (κ1) is 16.9. The second-order valence-corrected chi connectivity index (χ2v) is 7.53. The van der Waals surface area contributed by atoms with E-state index in [4.69, 9.17) is 4.98 Å². The Labute approximate surface area is 141 Å². The molecular weight excluding hydrogens is 286 g/mol. The number of likely N-dealkylation sites (tertiary alicyclic amines) is 1. The molecule has 3 rings (SSSR count). The Morgan fingerprint density at radius 2 is 1.78 bits per heavy atom. The predicted octanol–water partition coefficient (Wildman–Crippen LogP) is 1.68. The molecule has 0 bridgehead atoms. The summed E-state index contributed by atoms with van der Waals surface area (Å²) in [5.41, 5.74) is 1.25. The Balaban J connectivity index is 1.57. The molecule has 1 aromatic rings. The minimum atomic E-state index is 0.647. The third-order valence-corrected chi connectivity index (χ3v) is 5.80. The van der Waals surface area contributed by atoms with Gasteiger partial charge in [0.05, 0.1) is 5.69 Å². The van der Waals surface area contributed by atoms with Gasteiger partial charge >= 0.3 is 0 Å². The molecule has 1 saturated heterocycles. The van der Waals surface area contributed by atoms with E-state index in [1.807, 2.05) is 0 Å². The van der Waals surface area contributed by atoms with Crippen LogP contribution >= 0.6 is 0 Å². The second kappa shape index (κ2) is 7.32. The van der Waals surface area contributed by atoms with E-state index in [0.717, 1.165) is 19.5 Å². The average molecular weight is 319 g/mol. The minimum absolute atomic E-state index is 0.647. The summed E-state index contributed by atoms with van der Waals surface area (Å²) in [5.74, 6) is 1.28. The lowest BCUT2D eigenvalue weighted by Gasteiger charge is -2.36. The quantitative estimate of drug-likeness (QED) is 0.825. The van der Waals surface area contributed by atoms with E-state index in [1.165, 1.54) is 50.4 Å². The fourth-order valence-corrected chi connectivity index (χ4v) is 4.05. The molecule has 0 spiro atoms. The molecule has 5 heteroatoms. The van der Waals surface area contributed by atoms with Gasteiger partial charge in [0.1, 0.15) is 5.82 Å². The summed E-state index contributed by atoms with van der Waals surface area (Å²) >= 11 is 0. The third kappa shape index (κ3) is 3.95. The fourth-order valence-electron chi connectivity index (χ4n) is 4.05. The molecule has 0 N–H and O–H groups in total. The van der Waals surface area contributed by atoms with Gasteiger partial charge in [0.15, 0.2) is 0 Å². The number of piperidine rings is 1. The molecule has 1 atom stereocenters. The lowest BCUT2D eigenvalue weighted by Crippen LogP contribution is -2.42. The van der Waals surface area contributed by atoms with Crippen LogP contribution < -0.4 is 0 Å². The van der Waals surface area contributed by atoms with Crippen molar-refractivity contribution < 1.29 is 0 Å². The number of hydrogen-bond donors (Lipinski definition) is 0. The molecule has 1 aromatic heterocycles. The zero-order valence-electron chi connectivity index (χ0n) is 15.3. The highest BCUT2D eigenvalue weighted by molar-refractivity contribution is 5.08. The second-order valence-electron chi connectivity index (χ2n) is 7.53. The number of aromatic nitrogens is 2. The smallest absolute Gasteiger partial charge is 0.110 e. The number of likely N-dealkylation sites (N-methyl/N-ethyl adjacent to an activating group) is 1. The van der Waals surface area contributed by atoms with E-state index < -0.39 is 0 Å². The van der Waals surface area contributed by atoms with E-state index in [2.05, 4.69) is 53.5 Å². The molecule has 0 amide bonds. The van der Waals surface area contributed by atoms with Crippen LogP contribution in [0.3, 0.4) is 0 Å². The van der Waals surface area contributed by atoms with Gasteiger partial charge in [-0.3, -0.25) is 4.90 Å². The maximum Gasteiger partial charge on any atom is 0.110 e. The van der Waals surface area contributed by atoms with Crippen molar-refractivity contribution in [2.75, 3.05) is 40.8 Å². The number of fused-ring (bicyclic) bond motifs is 1. The standard InChI is InChI=1S/C18H33N5/c1-5-22-9-6-16(7-10-22)21(4)13-15-14-23-11-8-17(20(2)3)12-18(23)19-15/h14,16-17H,5-13H2,1-4H3. The summed E-state index contributed by atoms with van der Waals surface area (Å²) in [6.07, 6.45) is 7.20. The molecule has 0 radical (unpaired) electrons. The molecule has 1 unspecified atom stereocenters. The Bertz CT molecular complexity index is 502. The molecule has 0 aliphatic carbocycles. The summed E-state index contributed by atoms with van der Waals surface area (Å²) in [6.45, 7) is 8.05. The van der Waals surface area contributed by atoms with Crippen LogP contribution in [0.25, 0.3) is 0 Å². The number of aryl methyl sites for hydroxylation is 1. The van der Waals surface area contributed by atoms with Crippen molar-refractivity contribution in [2.45, 2.75) is 57.8 Å². The maximum atomic E-state index is 4.93. The van der Waals surface area contributed by atoms with Crippen LogP contribution in [0.1, 0.15) is 37.7 Å². The lowest BCUT2D eigenvalue weighted by molar-refractivity contribution is 0.126. The highest BCUT2D eigenvalue weighted by Gasteiger charge is 2.24. The zero-order chi connectivity index (χ0) is 16.4. The highest BCUT2D eigenvalue weighted by Crippen LogP contribution is 2.21. The van der Waals surface area contributed by atoms with Crippen LogP contribution in [0.4, 0.5) is 0 Å². The van der Waals surface area contributed by atoms with E-state index >= 15 is 0 Å². The van der Waals surface area contributed by atoms with Gasteiger partial charge in [-0.15, -0.1) is 0 Å². The largest absolute Gasteiger partial charge is 0.334 e. The lowest BCUT2D eigenvalue weighted by atomic mass is 10.0. The molecule has 0 saturated carbocycles. The van der Waals surface area contributed by atoms with Crippen molar-refractivity contribution in [1.82, 2.24) is 24.3 Å². The normalized spacial score (nSPS) is 23.7.